The summed E-state index contributed by atoms with van der Waals surface area (Å²) < 4.78 is 19.7. The second-order valence-corrected chi connectivity index (χ2v) is 5.22. The number of hydrogen-bond acceptors (Lipinski definition) is 2. The lowest BCUT2D eigenvalue weighted by Gasteiger charge is -2.13. The van der Waals surface area contributed by atoms with Gasteiger partial charge in [0.05, 0.1) is 6.10 Å². The van der Waals surface area contributed by atoms with Crippen LogP contribution in [-0.4, -0.2) is 6.10 Å². The summed E-state index contributed by atoms with van der Waals surface area (Å²) in [4.78, 5) is 0. The predicted octanol–water partition coefficient (Wildman–Crippen LogP) is 4.30. The Morgan fingerprint density at radius 1 is 1.05 bits per heavy atom. The fourth-order valence-corrected chi connectivity index (χ4v) is 2.06. The van der Waals surface area contributed by atoms with Crippen molar-refractivity contribution in [1.29, 1.82) is 0 Å². The Hall–Kier alpha value is -1.87. The summed E-state index contributed by atoms with van der Waals surface area (Å²) in [7, 11) is 0. The topological polar surface area (TPSA) is 35.2 Å². The first kappa shape index (κ1) is 14.5. The summed E-state index contributed by atoms with van der Waals surface area (Å²) in [6.07, 6.45) is 0.0884. The van der Waals surface area contributed by atoms with Crippen LogP contribution in [0, 0.1) is 5.82 Å². The van der Waals surface area contributed by atoms with Crippen LogP contribution in [0.25, 0.3) is 11.1 Å². The number of rotatable bonds is 4. The van der Waals surface area contributed by atoms with Crippen LogP contribution in [0.1, 0.15) is 32.4 Å². The molecule has 0 aromatic heterocycles. The number of nitrogens with two attached hydrogens (primary N) is 1. The van der Waals surface area contributed by atoms with E-state index in [-0.39, 0.29) is 18.0 Å². The van der Waals surface area contributed by atoms with Gasteiger partial charge in [-0.3, -0.25) is 0 Å². The first-order chi connectivity index (χ1) is 9.47. The largest absolute Gasteiger partial charge is 0.491 e. The standard InChI is InChI=1S/C17H20FNO/c1-11(2)20-15-6-4-5-14(9-15)16-10-13(12(3)19)7-8-17(16)18/h4-12H,19H2,1-3H3. The van der Waals surface area contributed by atoms with E-state index in [9.17, 15) is 4.39 Å². The average Bonchev–Trinajstić information content (AvgIpc) is 2.38. The predicted molar refractivity (Wildman–Crippen MR) is 80.2 cm³/mol. The van der Waals surface area contributed by atoms with Gasteiger partial charge in [0.25, 0.3) is 0 Å². The van der Waals surface area contributed by atoms with E-state index in [1.807, 2.05) is 45.0 Å². The zero-order valence-corrected chi connectivity index (χ0v) is 12.1. The summed E-state index contributed by atoms with van der Waals surface area (Å²) in [6, 6.07) is 12.3. The maximum absolute atomic E-state index is 14.0. The highest BCUT2D eigenvalue weighted by molar-refractivity contribution is 5.66. The van der Waals surface area contributed by atoms with Crippen molar-refractivity contribution in [3.05, 3.63) is 53.8 Å². The minimum absolute atomic E-state index is 0.0884. The van der Waals surface area contributed by atoms with E-state index in [0.717, 1.165) is 16.9 Å². The monoisotopic (exact) mass is 273 g/mol. The maximum atomic E-state index is 14.0. The number of ether oxygens (including phenoxy) is 1. The zero-order chi connectivity index (χ0) is 14.7. The van der Waals surface area contributed by atoms with Crippen LogP contribution in [-0.2, 0) is 0 Å². The molecule has 0 amide bonds. The van der Waals surface area contributed by atoms with Gasteiger partial charge in [-0.15, -0.1) is 0 Å². The van der Waals surface area contributed by atoms with Gasteiger partial charge >= 0.3 is 0 Å². The van der Waals surface area contributed by atoms with Crippen LogP contribution in [0.2, 0.25) is 0 Å². The normalized spacial score (nSPS) is 12.5. The molecule has 0 spiro atoms. The van der Waals surface area contributed by atoms with Gasteiger partial charge in [-0.25, -0.2) is 4.39 Å². The third-order valence-electron chi connectivity index (χ3n) is 3.03. The Kier molecular flexibility index (Phi) is 4.40. The van der Waals surface area contributed by atoms with Crippen molar-refractivity contribution in [3.8, 4) is 16.9 Å². The molecule has 2 aromatic rings. The van der Waals surface area contributed by atoms with Gasteiger partial charge < -0.3 is 10.5 Å². The fraction of sp³-hybridized carbons (Fsp3) is 0.294. The lowest BCUT2D eigenvalue weighted by molar-refractivity contribution is 0.242. The fourth-order valence-electron chi connectivity index (χ4n) is 2.06. The third-order valence-corrected chi connectivity index (χ3v) is 3.03. The van der Waals surface area contributed by atoms with Gasteiger partial charge in [-0.1, -0.05) is 18.2 Å². The van der Waals surface area contributed by atoms with E-state index in [0.29, 0.717) is 5.56 Å². The minimum atomic E-state index is -0.254. The molecule has 0 aliphatic rings. The zero-order valence-electron chi connectivity index (χ0n) is 12.1. The van der Waals surface area contributed by atoms with Crippen LogP contribution in [0.3, 0.4) is 0 Å². The molecule has 0 saturated carbocycles. The molecule has 2 aromatic carbocycles. The highest BCUT2D eigenvalue weighted by Crippen LogP contribution is 2.28. The molecule has 20 heavy (non-hydrogen) atoms. The van der Waals surface area contributed by atoms with Crippen molar-refractivity contribution in [1.82, 2.24) is 0 Å². The van der Waals surface area contributed by atoms with Crippen LogP contribution in [0.5, 0.6) is 5.75 Å². The molecule has 0 aliphatic carbocycles. The molecule has 1 atom stereocenters. The Morgan fingerprint density at radius 2 is 1.80 bits per heavy atom. The average molecular weight is 273 g/mol. The Bertz CT molecular complexity index is 593. The molecule has 1 unspecified atom stereocenters. The van der Waals surface area contributed by atoms with E-state index >= 15 is 0 Å². The molecule has 106 valence electrons. The summed E-state index contributed by atoms with van der Waals surface area (Å²) in [6.45, 7) is 5.81. The van der Waals surface area contributed by atoms with Crippen LogP contribution in [0.15, 0.2) is 42.5 Å². The second kappa shape index (κ2) is 6.06. The summed E-state index contributed by atoms with van der Waals surface area (Å²) in [5, 5.41) is 0. The first-order valence-electron chi connectivity index (χ1n) is 6.79. The van der Waals surface area contributed by atoms with Crippen molar-refractivity contribution >= 4 is 0 Å². The van der Waals surface area contributed by atoms with E-state index in [2.05, 4.69) is 0 Å². The molecular formula is C17H20FNO. The summed E-state index contributed by atoms with van der Waals surface area (Å²) in [5.41, 5.74) is 8.12. The maximum Gasteiger partial charge on any atom is 0.131 e. The molecule has 3 heteroatoms. The number of benzene rings is 2. The van der Waals surface area contributed by atoms with Gasteiger partial charge in [0, 0.05) is 11.6 Å². The van der Waals surface area contributed by atoms with E-state index in [1.165, 1.54) is 6.07 Å². The summed E-state index contributed by atoms with van der Waals surface area (Å²) >= 11 is 0. The first-order valence-corrected chi connectivity index (χ1v) is 6.79. The molecular weight excluding hydrogens is 253 g/mol. The number of halogens is 1. The highest BCUT2D eigenvalue weighted by Gasteiger charge is 2.09. The second-order valence-electron chi connectivity index (χ2n) is 5.22. The molecule has 0 heterocycles. The van der Waals surface area contributed by atoms with Crippen LogP contribution >= 0.6 is 0 Å². The molecule has 0 bridgehead atoms. The minimum Gasteiger partial charge on any atom is -0.491 e. The molecule has 0 aliphatic heterocycles. The summed E-state index contributed by atoms with van der Waals surface area (Å²) in [5.74, 6) is 0.485. The molecule has 0 radical (unpaired) electrons. The van der Waals surface area contributed by atoms with Crippen LogP contribution in [0.4, 0.5) is 4.39 Å². The SMILES string of the molecule is CC(C)Oc1cccc(-c2cc(C(C)N)ccc2F)c1. The molecule has 2 rings (SSSR count). The highest BCUT2D eigenvalue weighted by atomic mass is 19.1. The van der Waals surface area contributed by atoms with Crippen LogP contribution < -0.4 is 10.5 Å². The molecule has 0 saturated heterocycles. The van der Waals surface area contributed by atoms with Crippen molar-refractivity contribution in [2.75, 3.05) is 0 Å². The Labute approximate surface area is 119 Å². The van der Waals surface area contributed by atoms with Gasteiger partial charge in [0.1, 0.15) is 11.6 Å². The van der Waals surface area contributed by atoms with Gasteiger partial charge in [-0.2, -0.15) is 0 Å². The molecule has 0 fully saturated rings. The van der Waals surface area contributed by atoms with Gasteiger partial charge in [-0.05, 0) is 56.2 Å². The van der Waals surface area contributed by atoms with Crippen molar-refractivity contribution in [3.63, 3.8) is 0 Å². The molecule has 2 N–H and O–H groups in total. The Balaban J connectivity index is 2.42. The van der Waals surface area contributed by atoms with Crippen molar-refractivity contribution in [2.24, 2.45) is 5.73 Å². The van der Waals surface area contributed by atoms with Crippen molar-refractivity contribution < 1.29 is 9.13 Å². The lowest BCUT2D eigenvalue weighted by Crippen LogP contribution is -2.06. The third kappa shape index (κ3) is 3.36. The molecule has 2 nitrogen and oxygen atoms in total. The van der Waals surface area contributed by atoms with E-state index < -0.39 is 0 Å². The lowest BCUT2D eigenvalue weighted by atomic mass is 9.99. The number of hydrogen-bond donors (Lipinski definition) is 1. The van der Waals surface area contributed by atoms with Gasteiger partial charge in [0.15, 0.2) is 0 Å². The van der Waals surface area contributed by atoms with Crippen molar-refractivity contribution in [2.45, 2.75) is 32.9 Å². The van der Waals surface area contributed by atoms with Gasteiger partial charge in [0.2, 0.25) is 0 Å². The van der Waals surface area contributed by atoms with E-state index in [4.69, 9.17) is 10.5 Å². The Morgan fingerprint density at radius 3 is 2.45 bits per heavy atom. The quantitative estimate of drug-likeness (QED) is 0.901. The van der Waals surface area contributed by atoms with E-state index in [1.54, 1.807) is 12.1 Å². The smallest absolute Gasteiger partial charge is 0.131 e.